The lowest BCUT2D eigenvalue weighted by Gasteiger charge is -2.26. The molecule has 1 atom stereocenters. The van der Waals surface area contributed by atoms with Crippen molar-refractivity contribution < 1.29 is 13.2 Å². The Hall–Kier alpha value is -1.70. The first-order chi connectivity index (χ1) is 9.54. The van der Waals surface area contributed by atoms with Crippen molar-refractivity contribution >= 4 is 10.0 Å². The summed E-state index contributed by atoms with van der Waals surface area (Å²) in [5.74, 6) is 0. The van der Waals surface area contributed by atoms with E-state index in [9.17, 15) is 8.42 Å². The molecule has 1 aliphatic heterocycles. The van der Waals surface area contributed by atoms with Gasteiger partial charge >= 0.3 is 0 Å². The highest BCUT2D eigenvalue weighted by atomic mass is 32.2. The number of primary sulfonamides is 1. The molecule has 0 aliphatic carbocycles. The number of aromatic nitrogens is 2. The largest absolute Gasteiger partial charge is 0.371 e. The van der Waals surface area contributed by atoms with Crippen molar-refractivity contribution in [3.8, 4) is 0 Å². The number of benzene rings is 1. The van der Waals surface area contributed by atoms with Gasteiger partial charge in [-0.25, -0.2) is 18.5 Å². The number of nitrogens with zero attached hydrogens (tertiary/aromatic N) is 2. The zero-order valence-electron chi connectivity index (χ0n) is 10.8. The molecule has 0 bridgehead atoms. The van der Waals surface area contributed by atoms with Crippen LogP contribution in [0.4, 0.5) is 0 Å². The summed E-state index contributed by atoms with van der Waals surface area (Å²) >= 11 is 0. The van der Waals surface area contributed by atoms with Gasteiger partial charge < -0.3 is 9.30 Å². The summed E-state index contributed by atoms with van der Waals surface area (Å²) in [6.07, 6.45) is 3.69. The topological polar surface area (TPSA) is 87.2 Å². The normalized spacial score (nSPS) is 18.8. The molecule has 1 aliphatic rings. The van der Waals surface area contributed by atoms with E-state index in [-0.39, 0.29) is 11.1 Å². The van der Waals surface area contributed by atoms with E-state index in [0.717, 1.165) is 12.0 Å². The third-order valence-corrected chi connectivity index (χ3v) is 4.16. The maximum Gasteiger partial charge on any atom is 0.257 e. The molecule has 20 heavy (non-hydrogen) atoms. The van der Waals surface area contributed by atoms with Crippen molar-refractivity contribution in [3.63, 3.8) is 0 Å². The maximum atomic E-state index is 11.2. The van der Waals surface area contributed by atoms with Gasteiger partial charge in [-0.05, 0) is 17.5 Å². The lowest BCUT2D eigenvalue weighted by molar-refractivity contribution is 0.0305. The molecule has 2 N–H and O–H groups in total. The average molecular weight is 293 g/mol. The Morgan fingerprint density at radius 2 is 2.20 bits per heavy atom. The Labute approximate surface area is 117 Å². The monoisotopic (exact) mass is 293 g/mol. The molecule has 3 rings (SSSR count). The van der Waals surface area contributed by atoms with Gasteiger partial charge in [0.05, 0.1) is 19.5 Å². The Balaban J connectivity index is 1.84. The van der Waals surface area contributed by atoms with Gasteiger partial charge in [0.1, 0.15) is 6.10 Å². The van der Waals surface area contributed by atoms with Gasteiger partial charge in [-0.3, -0.25) is 0 Å². The van der Waals surface area contributed by atoms with E-state index >= 15 is 0 Å². The van der Waals surface area contributed by atoms with E-state index in [0.29, 0.717) is 13.2 Å². The van der Waals surface area contributed by atoms with Gasteiger partial charge in [0.25, 0.3) is 10.0 Å². The van der Waals surface area contributed by atoms with E-state index in [1.807, 2.05) is 18.2 Å². The predicted octanol–water partition coefficient (Wildman–Crippen LogP) is 0.844. The molecule has 0 fully saturated rings. The number of imidazole rings is 1. The third kappa shape index (κ3) is 2.60. The fourth-order valence-electron chi connectivity index (χ4n) is 2.41. The molecule has 106 valence electrons. The maximum absolute atomic E-state index is 11.2. The first-order valence-electron chi connectivity index (χ1n) is 6.28. The van der Waals surface area contributed by atoms with Crippen molar-refractivity contribution in [2.45, 2.75) is 24.1 Å². The van der Waals surface area contributed by atoms with E-state index in [2.05, 4.69) is 11.1 Å². The molecular weight excluding hydrogens is 278 g/mol. The van der Waals surface area contributed by atoms with E-state index in [1.54, 1.807) is 4.57 Å². The van der Waals surface area contributed by atoms with Crippen LogP contribution in [0.1, 0.15) is 17.2 Å². The van der Waals surface area contributed by atoms with Crippen LogP contribution in [0, 0.1) is 0 Å². The van der Waals surface area contributed by atoms with E-state index in [4.69, 9.17) is 9.88 Å². The average Bonchev–Trinajstić information content (AvgIpc) is 2.88. The minimum absolute atomic E-state index is 0.0949. The van der Waals surface area contributed by atoms with Gasteiger partial charge in [0.15, 0.2) is 5.03 Å². The molecule has 1 aromatic heterocycles. The molecule has 0 saturated carbocycles. The molecule has 7 heteroatoms. The summed E-state index contributed by atoms with van der Waals surface area (Å²) in [4.78, 5) is 3.80. The first-order valence-corrected chi connectivity index (χ1v) is 7.82. The summed E-state index contributed by atoms with van der Waals surface area (Å²) < 4.78 is 29.9. The van der Waals surface area contributed by atoms with Crippen LogP contribution in [0.3, 0.4) is 0 Å². The molecule has 6 nitrogen and oxygen atoms in total. The van der Waals surface area contributed by atoms with Gasteiger partial charge in [-0.15, -0.1) is 0 Å². The molecular formula is C13H15N3O3S. The SMILES string of the molecule is NS(=O)(=O)c1cn(CC2OCCc3ccccc32)cn1. The number of hydrogen-bond acceptors (Lipinski definition) is 4. The standard InChI is InChI=1S/C13H15N3O3S/c14-20(17,18)13-8-16(9-15-13)7-12-11-4-2-1-3-10(11)5-6-19-12/h1-4,8-9,12H,5-7H2,(H2,14,17,18). The molecule has 1 unspecified atom stereocenters. The minimum atomic E-state index is -3.76. The smallest absolute Gasteiger partial charge is 0.257 e. The molecule has 1 aromatic carbocycles. The molecule has 0 saturated heterocycles. The quantitative estimate of drug-likeness (QED) is 0.908. The summed E-state index contributed by atoms with van der Waals surface area (Å²) in [6, 6.07) is 8.12. The molecule has 2 heterocycles. The summed E-state index contributed by atoms with van der Waals surface area (Å²) in [7, 11) is -3.76. The number of rotatable bonds is 3. The zero-order chi connectivity index (χ0) is 14.2. The number of fused-ring (bicyclic) bond motifs is 1. The van der Waals surface area contributed by atoms with E-state index < -0.39 is 10.0 Å². The second-order valence-corrected chi connectivity index (χ2v) is 6.27. The van der Waals surface area contributed by atoms with Crippen LogP contribution in [0.2, 0.25) is 0 Å². The van der Waals surface area contributed by atoms with Crippen LogP contribution in [-0.2, 0) is 27.7 Å². The van der Waals surface area contributed by atoms with Crippen molar-refractivity contribution in [2.75, 3.05) is 6.61 Å². The Morgan fingerprint density at radius 3 is 2.95 bits per heavy atom. The summed E-state index contributed by atoms with van der Waals surface area (Å²) in [6.45, 7) is 1.18. The highest BCUT2D eigenvalue weighted by Crippen LogP contribution is 2.28. The zero-order valence-corrected chi connectivity index (χ0v) is 11.6. The Morgan fingerprint density at radius 1 is 1.40 bits per heavy atom. The lowest BCUT2D eigenvalue weighted by atomic mass is 9.97. The van der Waals surface area contributed by atoms with Crippen molar-refractivity contribution in [3.05, 3.63) is 47.9 Å². The fourth-order valence-corrected chi connectivity index (χ4v) is 2.88. The second-order valence-electron chi connectivity index (χ2n) is 4.76. The minimum Gasteiger partial charge on any atom is -0.371 e. The second kappa shape index (κ2) is 5.01. The molecule has 0 radical (unpaired) electrons. The van der Waals surface area contributed by atoms with Crippen molar-refractivity contribution in [1.82, 2.24) is 9.55 Å². The predicted molar refractivity (Wildman–Crippen MR) is 72.4 cm³/mol. The van der Waals surface area contributed by atoms with Crippen LogP contribution in [0.25, 0.3) is 0 Å². The Bertz CT molecular complexity index is 724. The summed E-state index contributed by atoms with van der Waals surface area (Å²) in [5.41, 5.74) is 2.42. The third-order valence-electron chi connectivity index (χ3n) is 3.37. The van der Waals surface area contributed by atoms with E-state index in [1.165, 1.54) is 18.1 Å². The van der Waals surface area contributed by atoms with Gasteiger partial charge in [0.2, 0.25) is 0 Å². The van der Waals surface area contributed by atoms with Gasteiger partial charge in [-0.2, -0.15) is 0 Å². The molecule has 2 aromatic rings. The fraction of sp³-hybridized carbons (Fsp3) is 0.308. The summed E-state index contributed by atoms with van der Waals surface area (Å²) in [5, 5.41) is 4.92. The highest BCUT2D eigenvalue weighted by molar-refractivity contribution is 7.89. The first kappa shape index (κ1) is 13.3. The molecule has 0 amide bonds. The lowest BCUT2D eigenvalue weighted by Crippen LogP contribution is -2.20. The van der Waals surface area contributed by atoms with Crippen LogP contribution in [0.5, 0.6) is 0 Å². The number of ether oxygens (including phenoxy) is 1. The van der Waals surface area contributed by atoms with Gasteiger partial charge in [0, 0.05) is 6.20 Å². The molecule has 0 spiro atoms. The van der Waals surface area contributed by atoms with Gasteiger partial charge in [-0.1, -0.05) is 24.3 Å². The van der Waals surface area contributed by atoms with Crippen LogP contribution in [0.15, 0.2) is 41.8 Å². The van der Waals surface area contributed by atoms with Crippen LogP contribution < -0.4 is 5.14 Å². The van der Waals surface area contributed by atoms with Crippen LogP contribution >= 0.6 is 0 Å². The number of hydrogen-bond donors (Lipinski definition) is 1. The Kier molecular flexibility index (Phi) is 3.33. The number of sulfonamides is 1. The number of nitrogens with two attached hydrogens (primary N) is 1. The van der Waals surface area contributed by atoms with Crippen molar-refractivity contribution in [1.29, 1.82) is 0 Å². The highest BCUT2D eigenvalue weighted by Gasteiger charge is 2.21. The van der Waals surface area contributed by atoms with Crippen molar-refractivity contribution in [2.24, 2.45) is 5.14 Å². The van der Waals surface area contributed by atoms with Crippen LogP contribution in [-0.4, -0.2) is 24.6 Å².